The summed E-state index contributed by atoms with van der Waals surface area (Å²) in [5.41, 5.74) is 4.49. The van der Waals surface area contributed by atoms with E-state index in [0.29, 0.717) is 21.7 Å². The lowest BCUT2D eigenvalue weighted by atomic mass is 9.70. The Kier molecular flexibility index (Phi) is 5.33. The fraction of sp³-hybridized carbons (Fsp3) is 0.269. The van der Waals surface area contributed by atoms with Crippen molar-refractivity contribution in [3.63, 3.8) is 0 Å². The molecular weight excluding hydrogens is 438 g/mol. The minimum absolute atomic E-state index is 0.163. The summed E-state index contributed by atoms with van der Waals surface area (Å²) in [7, 11) is 0. The molecule has 0 saturated heterocycles. The van der Waals surface area contributed by atoms with Gasteiger partial charge in [0, 0.05) is 10.6 Å². The molecule has 7 heteroatoms. The van der Waals surface area contributed by atoms with Crippen molar-refractivity contribution in [2.45, 2.75) is 44.4 Å². The molecule has 0 atom stereocenters. The van der Waals surface area contributed by atoms with Crippen molar-refractivity contribution in [3.8, 4) is 22.6 Å². The second kappa shape index (κ2) is 8.19. The van der Waals surface area contributed by atoms with Crippen LogP contribution in [0.2, 0.25) is 5.02 Å². The zero-order chi connectivity index (χ0) is 23.2. The molecule has 1 saturated carbocycles. The number of carboxylic acids is 1. The van der Waals surface area contributed by atoms with Gasteiger partial charge in [0.05, 0.1) is 5.56 Å². The summed E-state index contributed by atoms with van der Waals surface area (Å²) in [5.74, 6) is -0.786. The minimum Gasteiger partial charge on any atom is -0.505 e. The summed E-state index contributed by atoms with van der Waals surface area (Å²) in [6, 6.07) is 16.0. The first-order chi connectivity index (χ1) is 15.8. The summed E-state index contributed by atoms with van der Waals surface area (Å²) in [6.45, 7) is 2.20. The van der Waals surface area contributed by atoms with Crippen LogP contribution in [0.15, 0.2) is 54.6 Å². The van der Waals surface area contributed by atoms with Gasteiger partial charge in [-0.25, -0.2) is 4.79 Å². The Labute approximate surface area is 196 Å². The van der Waals surface area contributed by atoms with Crippen LogP contribution in [0, 0.1) is 0 Å². The highest BCUT2D eigenvalue weighted by Crippen LogP contribution is 2.46. The fourth-order valence-corrected chi connectivity index (χ4v) is 4.97. The lowest BCUT2D eigenvalue weighted by Gasteiger charge is -2.35. The van der Waals surface area contributed by atoms with Crippen molar-refractivity contribution >= 4 is 28.6 Å². The number of fused-ring (bicyclic) bond motifs is 1. The molecule has 1 aliphatic rings. The second-order valence-corrected chi connectivity index (χ2v) is 9.45. The fourth-order valence-electron chi connectivity index (χ4n) is 4.80. The third-order valence-electron chi connectivity index (χ3n) is 6.72. The molecule has 1 aromatic heterocycles. The molecule has 0 aliphatic heterocycles. The molecule has 2 N–H and O–H groups in total. The quantitative estimate of drug-likeness (QED) is 0.368. The first kappa shape index (κ1) is 21.5. The summed E-state index contributed by atoms with van der Waals surface area (Å²) in [5, 5.41) is 30.4. The van der Waals surface area contributed by atoms with Gasteiger partial charge in [-0.15, -0.1) is 15.0 Å². The van der Waals surface area contributed by atoms with Crippen LogP contribution in [-0.4, -0.2) is 31.2 Å². The van der Waals surface area contributed by atoms with Crippen molar-refractivity contribution in [1.82, 2.24) is 15.0 Å². The number of hydrogen-bond donors (Lipinski definition) is 2. The van der Waals surface area contributed by atoms with E-state index in [1.807, 2.05) is 12.1 Å². The minimum atomic E-state index is -0.963. The standard InChI is InChI=1S/C26H24ClN3O3/c1-26(11-3-2-4-12-26)20-13-18(16-5-7-17(8-6-16)25(32)33)14-23(24(20)31)30-28-21-10-9-19(27)15-22(21)29-30/h5-10,13-15,31H,2-4,11-12H2,1H3,(H,32,33). The van der Waals surface area contributed by atoms with Gasteiger partial charge in [0.1, 0.15) is 22.5 Å². The molecule has 0 spiro atoms. The summed E-state index contributed by atoms with van der Waals surface area (Å²) in [6.07, 6.45) is 5.42. The first-order valence-electron chi connectivity index (χ1n) is 11.1. The van der Waals surface area contributed by atoms with Gasteiger partial charge in [0.15, 0.2) is 0 Å². The number of carboxylic acid groups (broad SMARTS) is 1. The molecule has 1 fully saturated rings. The van der Waals surface area contributed by atoms with Gasteiger partial charge >= 0.3 is 5.97 Å². The summed E-state index contributed by atoms with van der Waals surface area (Å²) in [4.78, 5) is 12.7. The highest BCUT2D eigenvalue weighted by atomic mass is 35.5. The molecule has 1 heterocycles. The number of nitrogens with zero attached hydrogens (tertiary/aromatic N) is 3. The number of halogens is 1. The molecule has 33 heavy (non-hydrogen) atoms. The molecular formula is C26H24ClN3O3. The number of rotatable bonds is 4. The van der Waals surface area contributed by atoms with Gasteiger partial charge in [-0.2, -0.15) is 0 Å². The molecule has 4 aromatic rings. The molecule has 0 radical (unpaired) electrons. The Morgan fingerprint density at radius 1 is 0.939 bits per heavy atom. The Balaban J connectivity index is 1.70. The third kappa shape index (κ3) is 3.95. The maximum atomic E-state index is 11.4. The molecule has 6 nitrogen and oxygen atoms in total. The predicted molar refractivity (Wildman–Crippen MR) is 128 cm³/mol. The Morgan fingerprint density at radius 2 is 1.64 bits per heavy atom. The zero-order valence-electron chi connectivity index (χ0n) is 18.3. The summed E-state index contributed by atoms with van der Waals surface area (Å²) >= 11 is 6.12. The van der Waals surface area contributed by atoms with Gasteiger partial charge in [0.25, 0.3) is 0 Å². The van der Waals surface area contributed by atoms with Gasteiger partial charge in [-0.3, -0.25) is 0 Å². The van der Waals surface area contributed by atoms with Gasteiger partial charge in [-0.05, 0) is 71.8 Å². The monoisotopic (exact) mass is 461 g/mol. The zero-order valence-corrected chi connectivity index (χ0v) is 19.0. The summed E-state index contributed by atoms with van der Waals surface area (Å²) < 4.78 is 0. The van der Waals surface area contributed by atoms with Crippen LogP contribution in [0.25, 0.3) is 27.8 Å². The number of aromatic carboxylic acids is 1. The maximum Gasteiger partial charge on any atom is 0.335 e. The van der Waals surface area contributed by atoms with Crippen LogP contribution in [0.5, 0.6) is 5.75 Å². The highest BCUT2D eigenvalue weighted by molar-refractivity contribution is 6.31. The van der Waals surface area contributed by atoms with E-state index >= 15 is 0 Å². The largest absolute Gasteiger partial charge is 0.505 e. The van der Waals surface area contributed by atoms with Crippen LogP contribution in [0.1, 0.15) is 54.9 Å². The van der Waals surface area contributed by atoms with Crippen molar-refractivity contribution in [2.75, 3.05) is 0 Å². The van der Waals surface area contributed by atoms with Crippen LogP contribution in [0.4, 0.5) is 0 Å². The molecule has 1 aliphatic carbocycles. The van der Waals surface area contributed by atoms with Crippen LogP contribution < -0.4 is 0 Å². The number of benzene rings is 3. The van der Waals surface area contributed by atoms with Crippen molar-refractivity contribution in [2.24, 2.45) is 0 Å². The first-order valence-corrected chi connectivity index (χ1v) is 11.5. The number of aromatic hydroxyl groups is 1. The number of phenolic OH excluding ortho intramolecular Hbond substituents is 1. The Morgan fingerprint density at radius 3 is 2.33 bits per heavy atom. The Hall–Kier alpha value is -3.38. The van der Waals surface area contributed by atoms with E-state index in [4.69, 9.17) is 11.6 Å². The Bertz CT molecular complexity index is 1360. The highest BCUT2D eigenvalue weighted by Gasteiger charge is 2.33. The van der Waals surface area contributed by atoms with Gasteiger partial charge < -0.3 is 10.2 Å². The lowest BCUT2D eigenvalue weighted by molar-refractivity contribution is 0.0697. The van der Waals surface area contributed by atoms with E-state index in [-0.39, 0.29) is 16.7 Å². The molecule has 0 amide bonds. The lowest BCUT2D eigenvalue weighted by Crippen LogP contribution is -2.25. The average molecular weight is 462 g/mol. The van der Waals surface area contributed by atoms with E-state index in [9.17, 15) is 15.0 Å². The van der Waals surface area contributed by atoms with E-state index in [2.05, 4.69) is 17.1 Å². The van der Waals surface area contributed by atoms with E-state index in [1.54, 1.807) is 42.5 Å². The average Bonchev–Trinajstić information content (AvgIpc) is 3.22. The van der Waals surface area contributed by atoms with Crippen LogP contribution in [0.3, 0.4) is 0 Å². The topological polar surface area (TPSA) is 88.2 Å². The molecule has 5 rings (SSSR count). The number of aromatic nitrogens is 3. The third-order valence-corrected chi connectivity index (χ3v) is 6.96. The molecule has 3 aromatic carbocycles. The van der Waals surface area contributed by atoms with Crippen molar-refractivity contribution < 1.29 is 15.0 Å². The second-order valence-electron chi connectivity index (χ2n) is 9.02. The van der Waals surface area contributed by atoms with Crippen LogP contribution in [-0.2, 0) is 5.41 Å². The van der Waals surface area contributed by atoms with E-state index in [0.717, 1.165) is 42.4 Å². The SMILES string of the molecule is CC1(c2cc(-c3ccc(C(=O)O)cc3)cc(-n3nc4ccc(Cl)cc4n3)c2O)CCCCC1. The maximum absolute atomic E-state index is 11.4. The number of hydrogen-bond acceptors (Lipinski definition) is 4. The molecule has 168 valence electrons. The van der Waals surface area contributed by atoms with E-state index < -0.39 is 5.97 Å². The van der Waals surface area contributed by atoms with Gasteiger partial charge in [0.2, 0.25) is 0 Å². The van der Waals surface area contributed by atoms with Crippen molar-refractivity contribution in [3.05, 3.63) is 70.7 Å². The normalized spacial score (nSPS) is 15.6. The molecule has 0 unspecified atom stereocenters. The number of phenols is 1. The van der Waals surface area contributed by atoms with Crippen LogP contribution >= 0.6 is 11.6 Å². The van der Waals surface area contributed by atoms with Gasteiger partial charge in [-0.1, -0.05) is 49.9 Å². The van der Waals surface area contributed by atoms with E-state index in [1.165, 1.54) is 11.2 Å². The smallest absolute Gasteiger partial charge is 0.335 e. The number of carbonyl (C=O) groups is 1. The van der Waals surface area contributed by atoms with Crippen molar-refractivity contribution in [1.29, 1.82) is 0 Å². The molecule has 0 bridgehead atoms. The predicted octanol–water partition coefficient (Wildman–Crippen LogP) is 6.37.